The predicted octanol–water partition coefficient (Wildman–Crippen LogP) is 0.612. The van der Waals surface area contributed by atoms with Crippen molar-refractivity contribution in [2.45, 2.75) is 19.4 Å². The van der Waals surface area contributed by atoms with E-state index in [1.54, 1.807) is 13.8 Å². The molecule has 0 bridgehead atoms. The lowest BCUT2D eigenvalue weighted by Crippen LogP contribution is -2.65. The molecule has 0 atom stereocenters. The molecule has 1 aliphatic rings. The number of piperazine rings is 1. The van der Waals surface area contributed by atoms with Gasteiger partial charge in [-0.05, 0) is 19.9 Å². The maximum absolute atomic E-state index is 12.4. The van der Waals surface area contributed by atoms with E-state index in [0.717, 1.165) is 0 Å². The number of imide groups is 1. The molecule has 1 aromatic rings. The molecule has 1 N–H and O–H groups in total. The molecule has 0 aliphatic carbocycles. The van der Waals surface area contributed by atoms with Gasteiger partial charge in [-0.1, -0.05) is 11.6 Å². The standard InChI is InChI=1S/C12H12ClN3O3/c1-12(2)11(19)15-9(17)6-16(12)10(18)7-3-4-14-5-8(7)13/h3-5H,6H2,1-2H3,(H,15,17,19). The summed E-state index contributed by atoms with van der Waals surface area (Å²) in [7, 11) is 0. The highest BCUT2D eigenvalue weighted by atomic mass is 35.5. The zero-order valence-electron chi connectivity index (χ0n) is 10.4. The lowest BCUT2D eigenvalue weighted by molar-refractivity contribution is -0.143. The van der Waals surface area contributed by atoms with Crippen LogP contribution in [0.5, 0.6) is 0 Å². The van der Waals surface area contributed by atoms with Crippen LogP contribution in [0.2, 0.25) is 5.02 Å². The molecule has 1 fully saturated rings. The van der Waals surface area contributed by atoms with Crippen LogP contribution >= 0.6 is 11.6 Å². The summed E-state index contributed by atoms with van der Waals surface area (Å²) in [5, 5.41) is 2.39. The van der Waals surface area contributed by atoms with Gasteiger partial charge < -0.3 is 4.90 Å². The van der Waals surface area contributed by atoms with Crippen molar-refractivity contribution in [1.82, 2.24) is 15.2 Å². The van der Waals surface area contributed by atoms with Crippen LogP contribution in [-0.2, 0) is 9.59 Å². The van der Waals surface area contributed by atoms with Crippen LogP contribution in [0.4, 0.5) is 0 Å². The molecular weight excluding hydrogens is 270 g/mol. The number of halogens is 1. The Labute approximate surface area is 114 Å². The van der Waals surface area contributed by atoms with Crippen molar-refractivity contribution in [3.8, 4) is 0 Å². The molecule has 0 unspecified atom stereocenters. The zero-order valence-corrected chi connectivity index (χ0v) is 11.2. The molecule has 0 radical (unpaired) electrons. The summed E-state index contributed by atoms with van der Waals surface area (Å²) in [6, 6.07) is 1.46. The summed E-state index contributed by atoms with van der Waals surface area (Å²) in [4.78, 5) is 40.6. The number of hydrogen-bond acceptors (Lipinski definition) is 4. The van der Waals surface area contributed by atoms with E-state index in [1.807, 2.05) is 0 Å². The molecule has 0 spiro atoms. The quantitative estimate of drug-likeness (QED) is 0.765. The van der Waals surface area contributed by atoms with Crippen LogP contribution in [0.15, 0.2) is 18.5 Å². The van der Waals surface area contributed by atoms with Crippen LogP contribution in [0.25, 0.3) is 0 Å². The molecule has 1 aliphatic heterocycles. The lowest BCUT2D eigenvalue weighted by atomic mass is 9.97. The number of carbonyl (C=O) groups is 3. The SMILES string of the molecule is CC1(C)C(=O)NC(=O)CN1C(=O)c1ccncc1Cl. The van der Waals surface area contributed by atoms with Gasteiger partial charge in [-0.25, -0.2) is 0 Å². The number of nitrogens with zero attached hydrogens (tertiary/aromatic N) is 2. The van der Waals surface area contributed by atoms with Gasteiger partial charge in [0, 0.05) is 12.4 Å². The van der Waals surface area contributed by atoms with Crippen LogP contribution in [0, 0.1) is 0 Å². The molecule has 3 amide bonds. The fourth-order valence-electron chi connectivity index (χ4n) is 1.80. The molecule has 6 nitrogen and oxygen atoms in total. The second-order valence-corrected chi connectivity index (χ2v) is 5.09. The first-order valence-electron chi connectivity index (χ1n) is 5.60. The molecule has 1 aromatic heterocycles. The third-order valence-corrected chi connectivity index (χ3v) is 3.33. The first-order valence-corrected chi connectivity index (χ1v) is 5.97. The maximum atomic E-state index is 12.4. The summed E-state index contributed by atoms with van der Waals surface area (Å²) in [5.74, 6) is -1.49. The number of carbonyl (C=O) groups excluding carboxylic acids is 3. The first-order chi connectivity index (χ1) is 8.84. The van der Waals surface area contributed by atoms with Crippen molar-refractivity contribution in [1.29, 1.82) is 0 Å². The maximum Gasteiger partial charge on any atom is 0.256 e. The van der Waals surface area contributed by atoms with Crippen molar-refractivity contribution in [3.63, 3.8) is 0 Å². The summed E-state index contributed by atoms with van der Waals surface area (Å²) < 4.78 is 0. The zero-order chi connectivity index (χ0) is 14.2. The minimum Gasteiger partial charge on any atom is -0.315 e. The Kier molecular flexibility index (Phi) is 3.28. The second kappa shape index (κ2) is 4.62. The molecule has 7 heteroatoms. The third-order valence-electron chi connectivity index (χ3n) is 3.03. The fraction of sp³-hybridized carbons (Fsp3) is 0.333. The monoisotopic (exact) mass is 281 g/mol. The van der Waals surface area contributed by atoms with Gasteiger partial charge in [0.1, 0.15) is 12.1 Å². The minimum absolute atomic E-state index is 0.182. The number of hydrogen-bond donors (Lipinski definition) is 1. The lowest BCUT2D eigenvalue weighted by Gasteiger charge is -2.40. The highest BCUT2D eigenvalue weighted by Crippen LogP contribution is 2.23. The summed E-state index contributed by atoms with van der Waals surface area (Å²) in [6.07, 6.45) is 2.77. The average Bonchev–Trinajstić information content (AvgIpc) is 2.34. The van der Waals surface area contributed by atoms with E-state index in [9.17, 15) is 14.4 Å². The Morgan fingerprint density at radius 1 is 1.47 bits per heavy atom. The van der Waals surface area contributed by atoms with Crippen LogP contribution in [0.3, 0.4) is 0 Å². The summed E-state index contributed by atoms with van der Waals surface area (Å²) in [5.41, 5.74) is -0.898. The van der Waals surface area contributed by atoms with Crippen molar-refractivity contribution < 1.29 is 14.4 Å². The fourth-order valence-corrected chi connectivity index (χ4v) is 2.00. The van der Waals surface area contributed by atoms with Crippen molar-refractivity contribution >= 4 is 29.3 Å². The van der Waals surface area contributed by atoms with Crippen molar-refractivity contribution in [2.75, 3.05) is 6.54 Å². The molecule has 19 heavy (non-hydrogen) atoms. The van der Waals surface area contributed by atoms with Crippen LogP contribution < -0.4 is 5.32 Å². The number of amides is 3. The number of nitrogens with one attached hydrogen (secondary N) is 1. The number of rotatable bonds is 1. The van der Waals surface area contributed by atoms with E-state index in [-0.39, 0.29) is 17.1 Å². The van der Waals surface area contributed by atoms with E-state index < -0.39 is 23.3 Å². The Morgan fingerprint density at radius 2 is 2.16 bits per heavy atom. The Morgan fingerprint density at radius 3 is 2.79 bits per heavy atom. The summed E-state index contributed by atoms with van der Waals surface area (Å²) in [6.45, 7) is 2.96. The van der Waals surface area contributed by atoms with E-state index in [2.05, 4.69) is 10.3 Å². The normalized spacial score (nSPS) is 18.2. The van der Waals surface area contributed by atoms with Gasteiger partial charge in [0.05, 0.1) is 10.6 Å². The molecule has 2 rings (SSSR count). The average molecular weight is 282 g/mol. The molecule has 2 heterocycles. The van der Waals surface area contributed by atoms with E-state index in [1.165, 1.54) is 23.4 Å². The molecular formula is C12H12ClN3O3. The van der Waals surface area contributed by atoms with Gasteiger partial charge in [0.25, 0.3) is 11.8 Å². The smallest absolute Gasteiger partial charge is 0.256 e. The highest BCUT2D eigenvalue weighted by Gasteiger charge is 2.44. The van der Waals surface area contributed by atoms with Crippen molar-refractivity contribution in [2.24, 2.45) is 0 Å². The van der Waals surface area contributed by atoms with Crippen LogP contribution in [0.1, 0.15) is 24.2 Å². The molecule has 100 valence electrons. The topological polar surface area (TPSA) is 79.4 Å². The molecule has 1 saturated heterocycles. The van der Waals surface area contributed by atoms with Gasteiger partial charge in [-0.3, -0.25) is 24.7 Å². The van der Waals surface area contributed by atoms with Gasteiger partial charge in [0.15, 0.2) is 0 Å². The van der Waals surface area contributed by atoms with E-state index in [4.69, 9.17) is 11.6 Å². The first kappa shape index (κ1) is 13.5. The summed E-state index contributed by atoms with van der Waals surface area (Å²) >= 11 is 5.91. The van der Waals surface area contributed by atoms with Crippen molar-refractivity contribution in [3.05, 3.63) is 29.0 Å². The van der Waals surface area contributed by atoms with E-state index >= 15 is 0 Å². The second-order valence-electron chi connectivity index (χ2n) is 4.68. The van der Waals surface area contributed by atoms with E-state index in [0.29, 0.717) is 0 Å². The van der Waals surface area contributed by atoms with Gasteiger partial charge >= 0.3 is 0 Å². The Balaban J connectivity index is 2.40. The minimum atomic E-state index is -1.11. The number of pyridine rings is 1. The predicted molar refractivity (Wildman–Crippen MR) is 67.5 cm³/mol. The molecule has 0 saturated carbocycles. The van der Waals surface area contributed by atoms with Gasteiger partial charge in [-0.2, -0.15) is 0 Å². The van der Waals surface area contributed by atoms with Gasteiger partial charge in [-0.15, -0.1) is 0 Å². The highest BCUT2D eigenvalue weighted by molar-refractivity contribution is 6.33. The third kappa shape index (κ3) is 2.31. The Hall–Kier alpha value is -1.95. The Bertz CT molecular complexity index is 571. The number of aromatic nitrogens is 1. The largest absolute Gasteiger partial charge is 0.315 e. The van der Waals surface area contributed by atoms with Gasteiger partial charge in [0.2, 0.25) is 5.91 Å². The molecule has 0 aromatic carbocycles. The van der Waals surface area contributed by atoms with Crippen LogP contribution in [-0.4, -0.2) is 39.7 Å².